The quantitative estimate of drug-likeness (QED) is 0.732. The van der Waals surface area contributed by atoms with Crippen LogP contribution in [0.4, 0.5) is 4.39 Å². The van der Waals surface area contributed by atoms with Crippen molar-refractivity contribution in [2.24, 2.45) is 5.73 Å². The molecule has 4 N–H and O–H groups in total. The predicted octanol–water partition coefficient (Wildman–Crippen LogP) is 2.23. The van der Waals surface area contributed by atoms with Crippen molar-refractivity contribution in [3.63, 3.8) is 0 Å². The second kappa shape index (κ2) is 8.70. The van der Waals surface area contributed by atoms with Gasteiger partial charge in [-0.25, -0.2) is 14.0 Å². The third kappa shape index (κ3) is 6.31. The molecule has 23 heavy (non-hydrogen) atoms. The zero-order valence-electron chi connectivity index (χ0n) is 12.6. The summed E-state index contributed by atoms with van der Waals surface area (Å²) in [4.78, 5) is 19.1. The molecule has 0 aliphatic carbocycles. The van der Waals surface area contributed by atoms with E-state index < -0.39 is 11.9 Å². The summed E-state index contributed by atoms with van der Waals surface area (Å²) in [6.45, 7) is 2.85. The molecule has 1 heterocycles. The fourth-order valence-electron chi connectivity index (χ4n) is 1.85. The molecule has 0 spiro atoms. The monoisotopic (exact) mass is 322 g/mol. The molecule has 7 heteroatoms. The van der Waals surface area contributed by atoms with E-state index in [9.17, 15) is 14.0 Å². The molecular weight excluding hydrogens is 303 g/mol. The Bertz CT molecular complexity index is 693. The third-order valence-electron chi connectivity index (χ3n) is 3.06. The van der Waals surface area contributed by atoms with E-state index in [0.717, 1.165) is 23.9 Å². The van der Waals surface area contributed by atoms with Crippen LogP contribution in [-0.4, -0.2) is 32.8 Å². The second-order valence-corrected chi connectivity index (χ2v) is 4.85. The van der Waals surface area contributed by atoms with E-state index in [2.05, 4.69) is 11.5 Å². The van der Waals surface area contributed by atoms with Crippen LogP contribution in [0.15, 0.2) is 42.6 Å². The first-order valence-corrected chi connectivity index (χ1v) is 6.97. The number of nitrogens with zero attached hydrogens (tertiary/aromatic N) is 1. The Morgan fingerprint density at radius 2 is 1.87 bits per heavy atom. The number of hydrogen-bond donors (Lipinski definition) is 3. The average Bonchev–Trinajstić information content (AvgIpc) is 2.87. The first-order valence-electron chi connectivity index (χ1n) is 6.97. The predicted molar refractivity (Wildman–Crippen MR) is 84.6 cm³/mol. The number of carboxylic acids is 2. The summed E-state index contributed by atoms with van der Waals surface area (Å²) in [5.41, 5.74) is 6.93. The van der Waals surface area contributed by atoms with Gasteiger partial charge in [-0.15, -0.1) is 0 Å². The van der Waals surface area contributed by atoms with Crippen molar-refractivity contribution in [1.29, 1.82) is 0 Å². The molecule has 1 aromatic heterocycles. The van der Waals surface area contributed by atoms with Crippen molar-refractivity contribution in [1.82, 2.24) is 4.57 Å². The molecule has 0 aliphatic rings. The summed E-state index contributed by atoms with van der Waals surface area (Å²) in [7, 11) is 0. The van der Waals surface area contributed by atoms with Crippen LogP contribution >= 0.6 is 0 Å². The zero-order valence-corrected chi connectivity index (χ0v) is 12.6. The number of nitrogens with two attached hydrogens (primary N) is 1. The maximum absolute atomic E-state index is 12.9. The van der Waals surface area contributed by atoms with Crippen LogP contribution in [0.1, 0.15) is 13.3 Å². The lowest BCUT2D eigenvalue weighted by atomic mass is 10.2. The van der Waals surface area contributed by atoms with Gasteiger partial charge in [0, 0.05) is 41.8 Å². The van der Waals surface area contributed by atoms with E-state index in [1.54, 1.807) is 12.1 Å². The van der Waals surface area contributed by atoms with Gasteiger partial charge in [0.1, 0.15) is 5.82 Å². The van der Waals surface area contributed by atoms with Gasteiger partial charge in [0.15, 0.2) is 0 Å². The highest BCUT2D eigenvalue weighted by Crippen LogP contribution is 2.17. The van der Waals surface area contributed by atoms with Crippen LogP contribution in [0.5, 0.6) is 0 Å². The topological polar surface area (TPSA) is 106 Å². The van der Waals surface area contributed by atoms with E-state index in [1.165, 1.54) is 6.07 Å². The number of rotatable bonds is 5. The van der Waals surface area contributed by atoms with Crippen molar-refractivity contribution < 1.29 is 24.2 Å². The molecule has 1 atom stereocenters. The molecule has 0 aliphatic heterocycles. The molecule has 0 bridgehead atoms. The van der Waals surface area contributed by atoms with Crippen molar-refractivity contribution in [3.8, 4) is 0 Å². The van der Waals surface area contributed by atoms with Crippen molar-refractivity contribution in [2.45, 2.75) is 25.9 Å². The van der Waals surface area contributed by atoms with Gasteiger partial charge < -0.3 is 20.5 Å². The Hall–Kier alpha value is -2.67. The molecule has 0 radical (unpaired) electrons. The van der Waals surface area contributed by atoms with Gasteiger partial charge in [-0.05, 0) is 30.7 Å². The Morgan fingerprint density at radius 1 is 1.26 bits per heavy atom. The van der Waals surface area contributed by atoms with Crippen LogP contribution in [0.3, 0.4) is 0 Å². The number of benzene rings is 1. The number of carbonyl (C=O) groups is 2. The fourth-order valence-corrected chi connectivity index (χ4v) is 1.85. The minimum absolute atomic E-state index is 0.158. The molecule has 2 rings (SSSR count). The summed E-state index contributed by atoms with van der Waals surface area (Å²) >= 11 is 0. The molecule has 0 saturated heterocycles. The first-order chi connectivity index (χ1) is 10.8. The molecule has 0 saturated carbocycles. The van der Waals surface area contributed by atoms with Crippen LogP contribution in [0.25, 0.3) is 10.9 Å². The molecular formula is C16H19FN2O4. The second-order valence-electron chi connectivity index (χ2n) is 4.85. The first kappa shape index (κ1) is 18.4. The van der Waals surface area contributed by atoms with Gasteiger partial charge in [0.05, 0.1) is 0 Å². The zero-order chi connectivity index (χ0) is 17.4. The normalized spacial score (nSPS) is 12.0. The van der Waals surface area contributed by atoms with Gasteiger partial charge in [0.2, 0.25) is 0 Å². The third-order valence-corrected chi connectivity index (χ3v) is 3.06. The lowest BCUT2D eigenvalue weighted by Gasteiger charge is -2.11. The van der Waals surface area contributed by atoms with E-state index in [1.807, 2.05) is 12.3 Å². The summed E-state index contributed by atoms with van der Waals surface area (Å²) in [6.07, 6.45) is 4.02. The van der Waals surface area contributed by atoms with Gasteiger partial charge >= 0.3 is 11.9 Å². The van der Waals surface area contributed by atoms with Gasteiger partial charge in [-0.1, -0.05) is 6.92 Å². The summed E-state index contributed by atoms with van der Waals surface area (Å²) < 4.78 is 15.0. The number of hydrogen-bond acceptors (Lipinski definition) is 3. The standard InChI is InChI=1S/C12H15FN2.C4H4O4/c1-2-11(14)8-15-6-5-9-7-10(13)3-4-12(9)15;5-3(6)1-2-4(7)8/h3-7,11H,2,8,14H2,1H3;1-2H,(H,5,6)(H,7,8)/b;2-1+. The van der Waals surface area contributed by atoms with Gasteiger partial charge in [-0.3, -0.25) is 0 Å². The molecule has 124 valence electrons. The Kier molecular flexibility index (Phi) is 6.95. The smallest absolute Gasteiger partial charge is 0.328 e. The Morgan fingerprint density at radius 3 is 2.39 bits per heavy atom. The highest BCUT2D eigenvalue weighted by Gasteiger charge is 2.05. The van der Waals surface area contributed by atoms with E-state index in [-0.39, 0.29) is 11.9 Å². The van der Waals surface area contributed by atoms with Gasteiger partial charge in [-0.2, -0.15) is 0 Å². The molecule has 0 amide bonds. The SMILES string of the molecule is CCC(N)Cn1ccc2cc(F)ccc21.O=C(O)/C=C/C(=O)O. The average molecular weight is 322 g/mol. The van der Waals surface area contributed by atoms with E-state index in [0.29, 0.717) is 12.2 Å². The number of aliphatic carboxylic acids is 2. The van der Waals surface area contributed by atoms with Crippen molar-refractivity contribution in [2.75, 3.05) is 0 Å². The van der Waals surface area contributed by atoms with Crippen LogP contribution < -0.4 is 5.73 Å². The molecule has 1 unspecified atom stereocenters. The van der Waals surface area contributed by atoms with E-state index in [4.69, 9.17) is 15.9 Å². The van der Waals surface area contributed by atoms with Crippen LogP contribution in [-0.2, 0) is 16.1 Å². The van der Waals surface area contributed by atoms with E-state index >= 15 is 0 Å². The highest BCUT2D eigenvalue weighted by atomic mass is 19.1. The highest BCUT2D eigenvalue weighted by molar-refractivity contribution is 5.89. The lowest BCUT2D eigenvalue weighted by Crippen LogP contribution is -2.24. The number of aromatic nitrogens is 1. The number of fused-ring (bicyclic) bond motifs is 1. The number of carboxylic acid groups (broad SMARTS) is 2. The Labute approximate surface area is 132 Å². The summed E-state index contributed by atoms with van der Waals surface area (Å²) in [6, 6.07) is 6.90. The molecule has 0 fully saturated rings. The van der Waals surface area contributed by atoms with Crippen molar-refractivity contribution in [3.05, 3.63) is 48.4 Å². The summed E-state index contributed by atoms with van der Waals surface area (Å²) in [5, 5.41) is 16.6. The molecule has 1 aromatic carbocycles. The van der Waals surface area contributed by atoms with Crippen LogP contribution in [0.2, 0.25) is 0 Å². The maximum Gasteiger partial charge on any atom is 0.328 e. The minimum Gasteiger partial charge on any atom is -0.478 e. The minimum atomic E-state index is -1.26. The Balaban J connectivity index is 0.000000284. The van der Waals surface area contributed by atoms with Crippen molar-refractivity contribution >= 4 is 22.8 Å². The molecule has 6 nitrogen and oxygen atoms in total. The lowest BCUT2D eigenvalue weighted by molar-refractivity contribution is -0.134. The summed E-state index contributed by atoms with van der Waals surface area (Å²) in [5.74, 6) is -2.71. The van der Waals surface area contributed by atoms with Gasteiger partial charge in [0.25, 0.3) is 0 Å². The largest absolute Gasteiger partial charge is 0.478 e. The molecule has 2 aromatic rings. The number of halogens is 1. The maximum atomic E-state index is 12.9. The van der Waals surface area contributed by atoms with Crippen LogP contribution in [0, 0.1) is 5.82 Å². The fraction of sp³-hybridized carbons (Fsp3) is 0.250.